The Morgan fingerprint density at radius 3 is 2.19 bits per heavy atom. The molecule has 6 aromatic rings. The molecule has 0 aliphatic heterocycles. The molecule has 0 saturated heterocycles. The van der Waals surface area contributed by atoms with Crippen molar-refractivity contribution in [3.63, 3.8) is 0 Å². The molecule has 0 atom stereocenters. The van der Waals surface area contributed by atoms with E-state index in [0.29, 0.717) is 17.5 Å². The lowest BCUT2D eigenvalue weighted by atomic mass is 10.0. The summed E-state index contributed by atoms with van der Waals surface area (Å²) in [5.74, 6) is 2.07. The van der Waals surface area contributed by atoms with Gasteiger partial charge >= 0.3 is 0 Å². The average Bonchev–Trinajstić information content (AvgIpc) is 3.22. The van der Waals surface area contributed by atoms with Gasteiger partial charge < -0.3 is 0 Å². The molecule has 152 valence electrons. The maximum Gasteiger partial charge on any atom is 0.163 e. The minimum atomic E-state index is 0.675. The second-order valence-corrected chi connectivity index (χ2v) is 8.75. The number of hydrogen-bond donors (Lipinski definition) is 0. The quantitative estimate of drug-likeness (QED) is 0.305. The lowest BCUT2D eigenvalue weighted by Crippen LogP contribution is -1.99. The summed E-state index contributed by atoms with van der Waals surface area (Å²) in [4.78, 5) is 18.4. The highest BCUT2D eigenvalue weighted by molar-refractivity contribution is 7.25. The lowest BCUT2D eigenvalue weighted by Gasteiger charge is -2.08. The number of aryl methyl sites for hydroxylation is 1. The average molecular weight is 431 g/mol. The van der Waals surface area contributed by atoms with E-state index in [0.717, 1.165) is 22.3 Å². The van der Waals surface area contributed by atoms with Gasteiger partial charge in [-0.2, -0.15) is 0 Å². The third-order valence-corrected chi connectivity index (χ3v) is 6.65. The molecule has 0 bridgehead atoms. The summed E-state index contributed by atoms with van der Waals surface area (Å²) >= 11 is 1.81. The molecular formula is C27H18N4S. The Labute approximate surface area is 189 Å². The molecule has 0 fully saturated rings. The van der Waals surface area contributed by atoms with Crippen molar-refractivity contribution in [2.24, 2.45) is 0 Å². The first-order valence-electron chi connectivity index (χ1n) is 10.4. The number of fused-ring (bicyclic) bond motifs is 3. The smallest absolute Gasteiger partial charge is 0.163 e. The van der Waals surface area contributed by atoms with Crippen LogP contribution in [0, 0.1) is 6.92 Å². The van der Waals surface area contributed by atoms with Crippen LogP contribution in [0.5, 0.6) is 0 Å². The van der Waals surface area contributed by atoms with Crippen LogP contribution in [0.4, 0.5) is 0 Å². The molecule has 4 nitrogen and oxygen atoms in total. The Morgan fingerprint density at radius 1 is 0.594 bits per heavy atom. The maximum atomic E-state index is 4.85. The van der Waals surface area contributed by atoms with Crippen LogP contribution in [0.15, 0.2) is 91.3 Å². The van der Waals surface area contributed by atoms with E-state index in [1.165, 1.54) is 20.2 Å². The molecule has 5 heteroatoms. The van der Waals surface area contributed by atoms with E-state index < -0.39 is 0 Å². The van der Waals surface area contributed by atoms with E-state index in [4.69, 9.17) is 4.98 Å². The summed E-state index contributed by atoms with van der Waals surface area (Å²) in [5.41, 5.74) is 4.10. The topological polar surface area (TPSA) is 51.6 Å². The Morgan fingerprint density at radius 2 is 1.34 bits per heavy atom. The molecule has 0 unspecified atom stereocenters. The van der Waals surface area contributed by atoms with Gasteiger partial charge in [0.1, 0.15) is 5.82 Å². The van der Waals surface area contributed by atoms with Crippen LogP contribution in [-0.2, 0) is 0 Å². The molecule has 3 heterocycles. The van der Waals surface area contributed by atoms with Crippen molar-refractivity contribution >= 4 is 31.5 Å². The summed E-state index contributed by atoms with van der Waals surface area (Å²) in [7, 11) is 0. The van der Waals surface area contributed by atoms with Crippen LogP contribution >= 0.6 is 11.3 Å². The van der Waals surface area contributed by atoms with E-state index in [1.807, 2.05) is 42.7 Å². The molecule has 0 aliphatic rings. The predicted molar refractivity (Wildman–Crippen MR) is 132 cm³/mol. The van der Waals surface area contributed by atoms with E-state index >= 15 is 0 Å². The third kappa shape index (κ3) is 3.33. The second kappa shape index (κ2) is 7.62. The van der Waals surface area contributed by atoms with Crippen molar-refractivity contribution in [3.05, 3.63) is 97.1 Å². The highest BCUT2D eigenvalue weighted by Crippen LogP contribution is 2.36. The van der Waals surface area contributed by atoms with Crippen LogP contribution in [-0.4, -0.2) is 19.9 Å². The first-order valence-corrected chi connectivity index (χ1v) is 11.2. The van der Waals surface area contributed by atoms with Gasteiger partial charge in [-0.1, -0.05) is 42.5 Å². The normalized spacial score (nSPS) is 11.3. The molecular weight excluding hydrogens is 412 g/mol. The third-order valence-electron chi connectivity index (χ3n) is 5.50. The monoisotopic (exact) mass is 430 g/mol. The zero-order chi connectivity index (χ0) is 21.5. The Balaban J connectivity index is 1.46. The highest BCUT2D eigenvalue weighted by Gasteiger charge is 2.12. The largest absolute Gasteiger partial charge is 0.264 e. The Bertz CT molecular complexity index is 1590. The molecule has 0 saturated carbocycles. The summed E-state index contributed by atoms with van der Waals surface area (Å²) in [6, 6.07) is 27.2. The van der Waals surface area contributed by atoms with Crippen LogP contribution in [0.3, 0.4) is 0 Å². The predicted octanol–water partition coefficient (Wildman–Crippen LogP) is 6.94. The molecule has 0 N–H and O–H groups in total. The number of hydrogen-bond acceptors (Lipinski definition) is 5. The summed E-state index contributed by atoms with van der Waals surface area (Å²) in [6.45, 7) is 1.91. The molecule has 0 radical (unpaired) electrons. The van der Waals surface area contributed by atoms with Gasteiger partial charge in [-0.25, -0.2) is 15.0 Å². The molecule has 3 aromatic heterocycles. The van der Waals surface area contributed by atoms with Gasteiger partial charge in [0, 0.05) is 49.3 Å². The van der Waals surface area contributed by atoms with Crippen LogP contribution in [0.25, 0.3) is 54.1 Å². The first kappa shape index (κ1) is 18.8. The summed E-state index contributed by atoms with van der Waals surface area (Å²) in [5, 5.41) is 2.51. The lowest BCUT2D eigenvalue weighted by molar-refractivity contribution is 0.992. The van der Waals surface area contributed by atoms with Crippen molar-refractivity contribution in [2.45, 2.75) is 6.92 Å². The van der Waals surface area contributed by atoms with E-state index in [9.17, 15) is 0 Å². The molecule has 0 spiro atoms. The van der Waals surface area contributed by atoms with Gasteiger partial charge in [-0.3, -0.25) is 4.98 Å². The molecule has 6 rings (SSSR count). The highest BCUT2D eigenvalue weighted by atomic mass is 32.1. The van der Waals surface area contributed by atoms with Crippen molar-refractivity contribution in [1.29, 1.82) is 0 Å². The van der Waals surface area contributed by atoms with Gasteiger partial charge in [0.2, 0.25) is 0 Å². The fourth-order valence-electron chi connectivity index (χ4n) is 3.98. The number of rotatable bonds is 3. The van der Waals surface area contributed by atoms with Crippen molar-refractivity contribution < 1.29 is 0 Å². The fraction of sp³-hybridized carbons (Fsp3) is 0.0370. The van der Waals surface area contributed by atoms with E-state index in [2.05, 4.69) is 75.6 Å². The van der Waals surface area contributed by atoms with Gasteiger partial charge in [0.05, 0.1) is 0 Å². The van der Waals surface area contributed by atoms with Crippen molar-refractivity contribution in [1.82, 2.24) is 19.9 Å². The zero-order valence-electron chi connectivity index (χ0n) is 17.4. The minimum absolute atomic E-state index is 0.675. The molecule has 0 amide bonds. The van der Waals surface area contributed by atoms with Crippen molar-refractivity contribution in [3.8, 4) is 33.9 Å². The van der Waals surface area contributed by atoms with E-state index in [-0.39, 0.29) is 0 Å². The SMILES string of the molecule is Cc1nc(-c2cccc(-c3cccnc3)c2)nc(-c2ccc3sc4ccccc4c3c2)n1. The number of thiophene rings is 1. The zero-order valence-corrected chi connectivity index (χ0v) is 18.2. The summed E-state index contributed by atoms with van der Waals surface area (Å²) < 4.78 is 2.56. The summed E-state index contributed by atoms with van der Waals surface area (Å²) in [6.07, 6.45) is 3.64. The maximum absolute atomic E-state index is 4.85. The molecule has 3 aromatic carbocycles. The van der Waals surface area contributed by atoms with Gasteiger partial charge in [-0.15, -0.1) is 11.3 Å². The van der Waals surface area contributed by atoms with Crippen LogP contribution in [0.2, 0.25) is 0 Å². The van der Waals surface area contributed by atoms with Gasteiger partial charge in [-0.05, 0) is 48.9 Å². The van der Waals surface area contributed by atoms with Crippen molar-refractivity contribution in [2.75, 3.05) is 0 Å². The number of aromatic nitrogens is 4. The van der Waals surface area contributed by atoms with Gasteiger partial charge in [0.15, 0.2) is 11.6 Å². The van der Waals surface area contributed by atoms with Crippen LogP contribution < -0.4 is 0 Å². The van der Waals surface area contributed by atoms with E-state index in [1.54, 1.807) is 6.20 Å². The van der Waals surface area contributed by atoms with Crippen LogP contribution in [0.1, 0.15) is 5.82 Å². The Hall–Kier alpha value is -3.96. The first-order chi connectivity index (χ1) is 15.7. The fourth-order valence-corrected chi connectivity index (χ4v) is 5.06. The number of benzene rings is 3. The molecule has 0 aliphatic carbocycles. The molecule has 32 heavy (non-hydrogen) atoms. The second-order valence-electron chi connectivity index (χ2n) is 7.66. The van der Waals surface area contributed by atoms with Gasteiger partial charge in [0.25, 0.3) is 0 Å². The minimum Gasteiger partial charge on any atom is -0.264 e. The standard InChI is InChI=1S/C27H18N4S/c1-17-29-26(19-7-4-6-18(14-19)21-8-5-13-28-16-21)31-27(30-17)20-11-12-25-23(15-20)22-9-2-3-10-24(22)32-25/h2-16H,1H3. The number of pyridine rings is 1. The Kier molecular flexibility index (Phi) is 4.47. The number of nitrogens with zero attached hydrogens (tertiary/aromatic N) is 4.